The molecule has 2 heterocycles. The average molecular weight is 255 g/mol. The van der Waals surface area contributed by atoms with Crippen molar-refractivity contribution in [1.29, 1.82) is 0 Å². The first-order chi connectivity index (χ1) is 8.70. The zero-order valence-electron chi connectivity index (χ0n) is 12.2. The largest absolute Gasteiger partial charge is 0.383 e. The van der Waals surface area contributed by atoms with E-state index in [-0.39, 0.29) is 0 Å². The maximum atomic E-state index is 5.27. The van der Waals surface area contributed by atoms with Crippen LogP contribution in [0.25, 0.3) is 0 Å². The number of hydrogen-bond acceptors (Lipinski definition) is 4. The van der Waals surface area contributed by atoms with Crippen molar-refractivity contribution in [2.45, 2.75) is 44.3 Å². The Balaban J connectivity index is 1.87. The summed E-state index contributed by atoms with van der Waals surface area (Å²) in [6.07, 6.45) is 3.97. The molecule has 0 radical (unpaired) electrons. The summed E-state index contributed by atoms with van der Waals surface area (Å²) in [6, 6.07) is 2.13. The Morgan fingerprint density at radius 2 is 2.28 bits per heavy atom. The van der Waals surface area contributed by atoms with Gasteiger partial charge in [-0.2, -0.15) is 0 Å². The van der Waals surface area contributed by atoms with Crippen LogP contribution >= 0.6 is 0 Å². The first-order valence-electron chi connectivity index (χ1n) is 7.37. The molecule has 18 heavy (non-hydrogen) atoms. The molecular formula is C14H29N3O. The Morgan fingerprint density at radius 3 is 2.83 bits per heavy atom. The molecule has 0 spiro atoms. The molecule has 2 saturated heterocycles. The van der Waals surface area contributed by atoms with Gasteiger partial charge < -0.3 is 15.0 Å². The molecular weight excluding hydrogens is 226 g/mol. The van der Waals surface area contributed by atoms with Gasteiger partial charge in [-0.05, 0) is 39.8 Å². The molecule has 106 valence electrons. The van der Waals surface area contributed by atoms with Crippen LogP contribution in [-0.2, 0) is 4.74 Å². The van der Waals surface area contributed by atoms with Crippen molar-refractivity contribution in [3.8, 4) is 0 Å². The third kappa shape index (κ3) is 3.67. The molecule has 0 amide bonds. The van der Waals surface area contributed by atoms with Gasteiger partial charge in [-0.15, -0.1) is 0 Å². The van der Waals surface area contributed by atoms with E-state index in [1.165, 1.54) is 38.9 Å². The van der Waals surface area contributed by atoms with Gasteiger partial charge in [0.05, 0.1) is 6.61 Å². The molecule has 0 aromatic heterocycles. The summed E-state index contributed by atoms with van der Waals surface area (Å²) in [5.41, 5.74) is 0. The monoisotopic (exact) mass is 255 g/mol. The van der Waals surface area contributed by atoms with Crippen LogP contribution in [-0.4, -0.2) is 74.9 Å². The minimum Gasteiger partial charge on any atom is -0.383 e. The molecule has 4 nitrogen and oxygen atoms in total. The summed E-state index contributed by atoms with van der Waals surface area (Å²) in [5, 5.41) is 3.61. The zero-order valence-corrected chi connectivity index (χ0v) is 12.2. The highest BCUT2D eigenvalue weighted by Gasteiger charge is 2.31. The Morgan fingerprint density at radius 1 is 1.44 bits per heavy atom. The molecule has 2 aliphatic rings. The van der Waals surface area contributed by atoms with Crippen molar-refractivity contribution >= 4 is 0 Å². The molecule has 1 N–H and O–H groups in total. The van der Waals surface area contributed by atoms with Gasteiger partial charge in [0.2, 0.25) is 0 Å². The number of methoxy groups -OCH3 is 1. The maximum absolute atomic E-state index is 5.27. The predicted octanol–water partition coefficient (Wildman–Crippen LogP) is 0.779. The highest BCUT2D eigenvalue weighted by atomic mass is 16.5. The quantitative estimate of drug-likeness (QED) is 0.759. The third-order valence-electron chi connectivity index (χ3n) is 4.58. The standard InChI is InChI=1S/C14H29N3O/c1-12-9-14(11-16(12)2)17(7-8-18-3)10-13-5-4-6-15-13/h12-15H,4-11H2,1-3H3. The molecule has 0 saturated carbocycles. The normalized spacial score (nSPS) is 33.7. The van der Waals surface area contributed by atoms with E-state index in [2.05, 4.69) is 29.1 Å². The first-order valence-corrected chi connectivity index (χ1v) is 7.37. The number of likely N-dealkylation sites (N-methyl/N-ethyl adjacent to an activating group) is 1. The number of nitrogens with zero attached hydrogens (tertiary/aromatic N) is 2. The molecule has 2 rings (SSSR count). The summed E-state index contributed by atoms with van der Waals surface area (Å²) >= 11 is 0. The molecule has 0 aromatic carbocycles. The van der Waals surface area contributed by atoms with E-state index < -0.39 is 0 Å². The fourth-order valence-corrected chi connectivity index (χ4v) is 3.25. The van der Waals surface area contributed by atoms with Crippen molar-refractivity contribution in [2.24, 2.45) is 0 Å². The number of likely N-dealkylation sites (tertiary alicyclic amines) is 1. The van der Waals surface area contributed by atoms with Gasteiger partial charge in [0.1, 0.15) is 0 Å². The highest BCUT2D eigenvalue weighted by molar-refractivity contribution is 4.89. The van der Waals surface area contributed by atoms with Crippen LogP contribution in [0.15, 0.2) is 0 Å². The molecule has 0 aromatic rings. The fraction of sp³-hybridized carbons (Fsp3) is 1.00. The van der Waals surface area contributed by atoms with Gasteiger partial charge in [-0.25, -0.2) is 0 Å². The molecule has 0 bridgehead atoms. The third-order valence-corrected chi connectivity index (χ3v) is 4.58. The molecule has 3 unspecified atom stereocenters. The fourth-order valence-electron chi connectivity index (χ4n) is 3.25. The van der Waals surface area contributed by atoms with Gasteiger partial charge in [-0.3, -0.25) is 4.90 Å². The predicted molar refractivity (Wildman–Crippen MR) is 75.0 cm³/mol. The SMILES string of the molecule is COCCN(CC1CCCN1)C1CC(C)N(C)C1. The van der Waals surface area contributed by atoms with Crippen molar-refractivity contribution in [2.75, 3.05) is 46.9 Å². The summed E-state index contributed by atoms with van der Waals surface area (Å²) in [7, 11) is 4.04. The second-order valence-corrected chi connectivity index (χ2v) is 5.96. The Hall–Kier alpha value is -0.160. The van der Waals surface area contributed by atoms with Crippen molar-refractivity contribution in [3.63, 3.8) is 0 Å². The van der Waals surface area contributed by atoms with E-state index in [0.717, 1.165) is 19.2 Å². The van der Waals surface area contributed by atoms with Gasteiger partial charge in [-0.1, -0.05) is 0 Å². The minimum absolute atomic E-state index is 0.697. The Kier molecular flexibility index (Phi) is 5.42. The van der Waals surface area contributed by atoms with E-state index in [1.54, 1.807) is 7.11 Å². The number of rotatable bonds is 6. The lowest BCUT2D eigenvalue weighted by atomic mass is 10.1. The number of nitrogens with one attached hydrogen (secondary N) is 1. The lowest BCUT2D eigenvalue weighted by molar-refractivity contribution is 0.114. The summed E-state index contributed by atoms with van der Waals surface area (Å²) in [6.45, 7) is 7.85. The number of hydrogen-bond donors (Lipinski definition) is 1. The topological polar surface area (TPSA) is 27.7 Å². The van der Waals surface area contributed by atoms with E-state index in [0.29, 0.717) is 12.1 Å². The smallest absolute Gasteiger partial charge is 0.0589 e. The van der Waals surface area contributed by atoms with Crippen LogP contribution in [0.5, 0.6) is 0 Å². The van der Waals surface area contributed by atoms with E-state index in [1.807, 2.05) is 0 Å². The lowest BCUT2D eigenvalue weighted by Crippen LogP contribution is -2.45. The summed E-state index contributed by atoms with van der Waals surface area (Å²) in [5.74, 6) is 0. The Bertz CT molecular complexity index is 233. The van der Waals surface area contributed by atoms with Crippen molar-refractivity contribution in [3.05, 3.63) is 0 Å². The summed E-state index contributed by atoms with van der Waals surface area (Å²) < 4.78 is 5.27. The van der Waals surface area contributed by atoms with Gasteiger partial charge in [0, 0.05) is 44.9 Å². The molecule has 2 aliphatic heterocycles. The average Bonchev–Trinajstić information content (AvgIpc) is 2.96. The maximum Gasteiger partial charge on any atom is 0.0589 e. The van der Waals surface area contributed by atoms with Crippen molar-refractivity contribution < 1.29 is 4.74 Å². The molecule has 0 aliphatic carbocycles. The first kappa shape index (κ1) is 14.3. The van der Waals surface area contributed by atoms with Crippen LogP contribution in [0.3, 0.4) is 0 Å². The Labute approximate surface area is 112 Å². The lowest BCUT2D eigenvalue weighted by Gasteiger charge is -2.31. The van der Waals surface area contributed by atoms with Crippen LogP contribution in [0.1, 0.15) is 26.2 Å². The second kappa shape index (κ2) is 6.85. The van der Waals surface area contributed by atoms with Crippen LogP contribution in [0.4, 0.5) is 0 Å². The molecule has 4 heteroatoms. The highest BCUT2D eigenvalue weighted by Crippen LogP contribution is 2.21. The second-order valence-electron chi connectivity index (χ2n) is 5.96. The van der Waals surface area contributed by atoms with Crippen molar-refractivity contribution in [1.82, 2.24) is 15.1 Å². The van der Waals surface area contributed by atoms with E-state index >= 15 is 0 Å². The summed E-state index contributed by atoms with van der Waals surface area (Å²) in [4.78, 5) is 5.12. The van der Waals surface area contributed by atoms with Gasteiger partial charge >= 0.3 is 0 Å². The van der Waals surface area contributed by atoms with Crippen LogP contribution in [0, 0.1) is 0 Å². The number of ether oxygens (including phenoxy) is 1. The van der Waals surface area contributed by atoms with Gasteiger partial charge in [0.25, 0.3) is 0 Å². The van der Waals surface area contributed by atoms with Crippen LogP contribution < -0.4 is 5.32 Å². The van der Waals surface area contributed by atoms with E-state index in [4.69, 9.17) is 4.74 Å². The van der Waals surface area contributed by atoms with Crippen LogP contribution in [0.2, 0.25) is 0 Å². The van der Waals surface area contributed by atoms with Gasteiger partial charge in [0.15, 0.2) is 0 Å². The molecule has 3 atom stereocenters. The van der Waals surface area contributed by atoms with E-state index in [9.17, 15) is 0 Å². The molecule has 2 fully saturated rings. The zero-order chi connectivity index (χ0) is 13.0. The minimum atomic E-state index is 0.697.